The van der Waals surface area contributed by atoms with Gasteiger partial charge in [-0.25, -0.2) is 0 Å². The number of carbonyl (C=O) groups is 1. The van der Waals surface area contributed by atoms with Gasteiger partial charge < -0.3 is 4.74 Å². The summed E-state index contributed by atoms with van der Waals surface area (Å²) in [5.74, 6) is 3.44. The van der Waals surface area contributed by atoms with E-state index in [0.29, 0.717) is 17.9 Å². The minimum Gasteiger partial charge on any atom is -0.468 e. The predicted molar refractivity (Wildman–Crippen MR) is 77.5 cm³/mol. The lowest BCUT2D eigenvalue weighted by molar-refractivity contribution is -0.145. The van der Waals surface area contributed by atoms with Crippen molar-refractivity contribution in [1.82, 2.24) is 5.32 Å². The van der Waals surface area contributed by atoms with Crippen LogP contribution in [0, 0.1) is 29.6 Å². The van der Waals surface area contributed by atoms with Gasteiger partial charge in [-0.2, -0.15) is 0 Å². The first kappa shape index (κ1) is 16.0. The van der Waals surface area contributed by atoms with Crippen molar-refractivity contribution < 1.29 is 9.53 Å². The lowest BCUT2D eigenvalue weighted by Crippen LogP contribution is -2.45. The first-order valence-electron chi connectivity index (χ1n) is 7.14. The van der Waals surface area contributed by atoms with Gasteiger partial charge in [-0.3, -0.25) is 10.1 Å². The summed E-state index contributed by atoms with van der Waals surface area (Å²) in [5.41, 5.74) is 0.359. The summed E-state index contributed by atoms with van der Waals surface area (Å²) in [6, 6.07) is -0.248. The third kappa shape index (κ3) is 4.54. The molecule has 3 nitrogen and oxygen atoms in total. The fourth-order valence-corrected chi connectivity index (χ4v) is 3.06. The fourth-order valence-electron chi connectivity index (χ4n) is 3.06. The number of rotatable bonds is 4. The molecule has 3 heteroatoms. The highest BCUT2D eigenvalue weighted by Crippen LogP contribution is 2.40. The third-order valence-electron chi connectivity index (χ3n) is 4.35. The zero-order valence-electron chi connectivity index (χ0n) is 12.7. The summed E-state index contributed by atoms with van der Waals surface area (Å²) in [5, 5.41) is 3.13. The third-order valence-corrected chi connectivity index (χ3v) is 4.35. The van der Waals surface area contributed by atoms with Gasteiger partial charge in [-0.15, -0.1) is 6.42 Å². The molecule has 0 aromatic rings. The Morgan fingerprint density at radius 1 is 1.37 bits per heavy atom. The van der Waals surface area contributed by atoms with Gasteiger partial charge in [-0.1, -0.05) is 26.7 Å². The smallest absolute Gasteiger partial charge is 0.323 e. The molecule has 1 fully saturated rings. The van der Waals surface area contributed by atoms with E-state index < -0.39 is 0 Å². The quantitative estimate of drug-likeness (QED) is 0.627. The average Bonchev–Trinajstić information content (AvgIpc) is 2.38. The van der Waals surface area contributed by atoms with Crippen molar-refractivity contribution in [3.8, 4) is 12.3 Å². The van der Waals surface area contributed by atoms with E-state index in [9.17, 15) is 4.79 Å². The number of hydrogen-bond acceptors (Lipinski definition) is 3. The highest BCUT2D eigenvalue weighted by Gasteiger charge is 2.35. The Morgan fingerprint density at radius 3 is 2.37 bits per heavy atom. The molecular weight excluding hydrogens is 238 g/mol. The van der Waals surface area contributed by atoms with E-state index in [1.165, 1.54) is 20.0 Å². The van der Waals surface area contributed by atoms with Crippen molar-refractivity contribution in [2.75, 3.05) is 13.7 Å². The molecule has 0 saturated heterocycles. The molecule has 0 heterocycles. The Bertz CT molecular complexity index is 330. The average molecular weight is 265 g/mol. The van der Waals surface area contributed by atoms with Gasteiger partial charge in [0.05, 0.1) is 13.7 Å². The summed E-state index contributed by atoms with van der Waals surface area (Å²) in [6.45, 7) is 7.31. The Labute approximate surface area is 117 Å². The molecule has 0 spiro atoms. The first-order valence-corrected chi connectivity index (χ1v) is 7.14. The zero-order chi connectivity index (χ0) is 14.5. The van der Waals surface area contributed by atoms with E-state index in [4.69, 9.17) is 11.2 Å². The van der Waals surface area contributed by atoms with Crippen LogP contribution in [0.5, 0.6) is 0 Å². The Balaban J connectivity index is 2.59. The number of terminal acetylenes is 1. The van der Waals surface area contributed by atoms with Crippen molar-refractivity contribution in [2.45, 2.75) is 52.5 Å². The van der Waals surface area contributed by atoms with Crippen LogP contribution in [0.2, 0.25) is 0 Å². The molecule has 0 aromatic carbocycles. The number of carbonyl (C=O) groups excluding carboxylic acids is 1. The van der Waals surface area contributed by atoms with Crippen LogP contribution in [0.3, 0.4) is 0 Å². The number of nitrogens with one attached hydrogen (secondary N) is 1. The lowest BCUT2D eigenvalue weighted by atomic mass is 9.68. The number of hydrogen-bond donors (Lipinski definition) is 1. The van der Waals surface area contributed by atoms with Crippen molar-refractivity contribution in [2.24, 2.45) is 17.3 Å². The summed E-state index contributed by atoms with van der Waals surface area (Å²) >= 11 is 0. The highest BCUT2D eigenvalue weighted by atomic mass is 16.5. The van der Waals surface area contributed by atoms with Crippen LogP contribution >= 0.6 is 0 Å². The second-order valence-corrected chi connectivity index (χ2v) is 6.56. The lowest BCUT2D eigenvalue weighted by Gasteiger charge is -2.38. The summed E-state index contributed by atoms with van der Waals surface area (Å²) in [4.78, 5) is 11.8. The van der Waals surface area contributed by atoms with Crippen molar-refractivity contribution in [3.05, 3.63) is 0 Å². The molecule has 1 N–H and O–H groups in total. The van der Waals surface area contributed by atoms with Gasteiger partial charge in [0, 0.05) is 0 Å². The maximum Gasteiger partial charge on any atom is 0.323 e. The maximum absolute atomic E-state index is 11.8. The maximum atomic E-state index is 11.8. The van der Waals surface area contributed by atoms with Crippen LogP contribution in [0.25, 0.3) is 0 Å². The zero-order valence-corrected chi connectivity index (χ0v) is 12.7. The number of ether oxygens (including phenoxy) is 1. The number of methoxy groups -OCH3 is 1. The van der Waals surface area contributed by atoms with E-state index in [-0.39, 0.29) is 12.0 Å². The molecule has 1 unspecified atom stereocenters. The minimum absolute atomic E-state index is 0.186. The molecule has 0 bridgehead atoms. The molecule has 1 saturated carbocycles. The standard InChI is InChI=1S/C16H27NO2/c1-6-11-17-14(15(18)19-5)12-7-9-13(10-8-12)16(2,3)4/h1,12-14,17H,7-11H2,2-5H3. The van der Waals surface area contributed by atoms with Gasteiger partial charge in [0.25, 0.3) is 0 Å². The van der Waals surface area contributed by atoms with Gasteiger partial charge >= 0.3 is 5.97 Å². The highest BCUT2D eigenvalue weighted by molar-refractivity contribution is 5.76. The molecule has 19 heavy (non-hydrogen) atoms. The van der Waals surface area contributed by atoms with Crippen LogP contribution in [0.15, 0.2) is 0 Å². The predicted octanol–water partition coefficient (Wildman–Crippen LogP) is 2.60. The summed E-state index contributed by atoms with van der Waals surface area (Å²) in [7, 11) is 1.44. The van der Waals surface area contributed by atoms with E-state index in [0.717, 1.165) is 18.8 Å². The summed E-state index contributed by atoms with van der Waals surface area (Å²) in [6.07, 6.45) is 9.76. The van der Waals surface area contributed by atoms with Crippen LogP contribution in [0.4, 0.5) is 0 Å². The molecule has 1 aliphatic carbocycles. The van der Waals surface area contributed by atoms with Crippen molar-refractivity contribution in [1.29, 1.82) is 0 Å². The van der Waals surface area contributed by atoms with Gasteiger partial charge in [-0.05, 0) is 42.9 Å². The minimum atomic E-state index is -0.248. The van der Waals surface area contributed by atoms with Gasteiger partial charge in [0.15, 0.2) is 0 Å². The van der Waals surface area contributed by atoms with Crippen LogP contribution in [-0.4, -0.2) is 25.7 Å². The SMILES string of the molecule is C#CCNC(C(=O)OC)C1CCC(C(C)(C)C)CC1. The normalized spacial score (nSPS) is 25.4. The largest absolute Gasteiger partial charge is 0.468 e. The van der Waals surface area contributed by atoms with E-state index in [2.05, 4.69) is 32.0 Å². The van der Waals surface area contributed by atoms with E-state index >= 15 is 0 Å². The topological polar surface area (TPSA) is 38.3 Å². The van der Waals surface area contributed by atoms with E-state index in [1.807, 2.05) is 0 Å². The first-order chi connectivity index (χ1) is 8.90. The molecular formula is C16H27NO2. The van der Waals surface area contributed by atoms with Crippen LogP contribution < -0.4 is 5.32 Å². The van der Waals surface area contributed by atoms with Crippen molar-refractivity contribution >= 4 is 5.97 Å². The van der Waals surface area contributed by atoms with Gasteiger partial charge in [0.2, 0.25) is 0 Å². The molecule has 0 amide bonds. The Kier molecular flexibility index (Phi) is 5.87. The molecule has 0 aliphatic heterocycles. The monoisotopic (exact) mass is 265 g/mol. The molecule has 1 rings (SSSR count). The molecule has 1 atom stereocenters. The fraction of sp³-hybridized carbons (Fsp3) is 0.812. The van der Waals surface area contributed by atoms with Crippen LogP contribution in [0.1, 0.15) is 46.5 Å². The Morgan fingerprint density at radius 2 is 1.95 bits per heavy atom. The molecule has 0 radical (unpaired) electrons. The Hall–Kier alpha value is -1.01. The van der Waals surface area contributed by atoms with Crippen LogP contribution in [-0.2, 0) is 9.53 Å². The second-order valence-electron chi connectivity index (χ2n) is 6.56. The van der Waals surface area contributed by atoms with Gasteiger partial charge in [0.1, 0.15) is 6.04 Å². The molecule has 108 valence electrons. The number of esters is 1. The molecule has 0 aromatic heterocycles. The second kappa shape index (κ2) is 6.96. The summed E-state index contributed by atoms with van der Waals surface area (Å²) < 4.78 is 4.89. The van der Waals surface area contributed by atoms with E-state index in [1.54, 1.807) is 0 Å². The molecule has 1 aliphatic rings. The van der Waals surface area contributed by atoms with Crippen molar-refractivity contribution in [3.63, 3.8) is 0 Å².